The molecule has 2 N–H and O–H groups in total. The van der Waals surface area contributed by atoms with Crippen LogP contribution in [-0.2, 0) is 4.74 Å². The van der Waals surface area contributed by atoms with Crippen molar-refractivity contribution in [2.75, 3.05) is 38.2 Å². The third-order valence-corrected chi connectivity index (χ3v) is 6.25. The Hall–Kier alpha value is -1.82. The molecular weight excluding hydrogens is 379 g/mol. The summed E-state index contributed by atoms with van der Waals surface area (Å²) < 4.78 is 19.5. The number of nitrogens with one attached hydrogen (secondary N) is 2. The van der Waals surface area contributed by atoms with E-state index in [1.54, 1.807) is 12.1 Å². The normalized spacial score (nSPS) is 19.5. The Morgan fingerprint density at radius 3 is 2.57 bits per heavy atom. The van der Waals surface area contributed by atoms with Gasteiger partial charge in [-0.15, -0.1) is 0 Å². The number of hydrogen-bond acceptors (Lipinski definition) is 3. The van der Waals surface area contributed by atoms with Crippen LogP contribution in [0, 0.1) is 5.82 Å². The molecule has 1 aliphatic carbocycles. The molecule has 0 amide bonds. The number of ether oxygens (including phenoxy) is 1. The molecule has 1 aromatic rings. The van der Waals surface area contributed by atoms with Crippen molar-refractivity contribution in [3.05, 3.63) is 30.1 Å². The van der Waals surface area contributed by atoms with Crippen molar-refractivity contribution < 1.29 is 9.13 Å². The van der Waals surface area contributed by atoms with E-state index in [1.807, 2.05) is 13.1 Å². The summed E-state index contributed by atoms with van der Waals surface area (Å²) in [6.45, 7) is 3.64. The summed E-state index contributed by atoms with van der Waals surface area (Å²) in [4.78, 5) is 6.63. The topological polar surface area (TPSA) is 48.9 Å². The van der Waals surface area contributed by atoms with E-state index in [0.717, 1.165) is 63.6 Å². The molecule has 0 unspecified atom stereocenters. The number of anilines is 1. The molecule has 6 heteroatoms. The van der Waals surface area contributed by atoms with E-state index >= 15 is 0 Å². The summed E-state index contributed by atoms with van der Waals surface area (Å²) in [5.41, 5.74) is 0.974. The summed E-state index contributed by atoms with van der Waals surface area (Å²) in [6.07, 6.45) is 12.6. The van der Waals surface area contributed by atoms with Crippen LogP contribution in [0.15, 0.2) is 29.3 Å². The minimum atomic E-state index is -0.169. The van der Waals surface area contributed by atoms with Crippen LogP contribution in [0.3, 0.4) is 0 Å². The molecule has 3 rings (SSSR count). The highest BCUT2D eigenvalue weighted by molar-refractivity contribution is 5.79. The van der Waals surface area contributed by atoms with Crippen molar-refractivity contribution in [1.82, 2.24) is 10.6 Å². The number of rotatable bonds is 8. The van der Waals surface area contributed by atoms with Crippen LogP contribution in [0.25, 0.3) is 0 Å². The Balaban J connectivity index is 1.27. The molecule has 1 saturated heterocycles. The maximum absolute atomic E-state index is 13.5. The van der Waals surface area contributed by atoms with Crippen LogP contribution in [0.2, 0.25) is 0 Å². The lowest BCUT2D eigenvalue weighted by Crippen LogP contribution is -2.48. The Bertz CT molecular complexity index is 638. The van der Waals surface area contributed by atoms with Crippen molar-refractivity contribution in [2.45, 2.75) is 76.4 Å². The first-order valence-electron chi connectivity index (χ1n) is 11.8. The van der Waals surface area contributed by atoms with E-state index in [9.17, 15) is 4.39 Å². The summed E-state index contributed by atoms with van der Waals surface area (Å²) in [7, 11) is 1.83. The van der Waals surface area contributed by atoms with Crippen LogP contribution in [-0.4, -0.2) is 51.4 Å². The van der Waals surface area contributed by atoms with E-state index in [0.29, 0.717) is 12.1 Å². The molecular formula is C24H39FN4O. The number of nitrogens with zero attached hydrogens (tertiary/aromatic N) is 2. The van der Waals surface area contributed by atoms with Crippen molar-refractivity contribution >= 4 is 11.6 Å². The minimum Gasteiger partial charge on any atom is -0.378 e. The average molecular weight is 419 g/mol. The van der Waals surface area contributed by atoms with Crippen LogP contribution >= 0.6 is 0 Å². The van der Waals surface area contributed by atoms with Gasteiger partial charge in [-0.25, -0.2) is 4.39 Å². The van der Waals surface area contributed by atoms with E-state index in [1.165, 1.54) is 44.6 Å². The second kappa shape index (κ2) is 12.8. The first-order valence-corrected chi connectivity index (χ1v) is 11.8. The van der Waals surface area contributed by atoms with Gasteiger partial charge in [0.25, 0.3) is 0 Å². The smallest absolute Gasteiger partial charge is 0.191 e. The van der Waals surface area contributed by atoms with Crippen LogP contribution in [0.1, 0.15) is 64.2 Å². The predicted octanol–water partition coefficient (Wildman–Crippen LogP) is 4.48. The van der Waals surface area contributed by atoms with Gasteiger partial charge in [-0.1, -0.05) is 31.7 Å². The molecule has 168 valence electrons. The second-order valence-electron chi connectivity index (χ2n) is 8.58. The first kappa shape index (κ1) is 22.9. The second-order valence-corrected chi connectivity index (χ2v) is 8.58. The molecule has 1 aromatic carbocycles. The number of unbranched alkanes of at least 4 members (excludes halogenated alkanes) is 1. The van der Waals surface area contributed by atoms with Gasteiger partial charge < -0.3 is 20.3 Å². The molecule has 0 atom stereocenters. The molecule has 2 fully saturated rings. The number of halogens is 1. The number of hydrogen-bond donors (Lipinski definition) is 2. The highest BCUT2D eigenvalue weighted by atomic mass is 19.1. The lowest BCUT2D eigenvalue weighted by molar-refractivity contribution is 0.0411. The van der Waals surface area contributed by atoms with Gasteiger partial charge in [-0.3, -0.25) is 4.99 Å². The third-order valence-electron chi connectivity index (χ3n) is 6.25. The Labute approximate surface area is 181 Å². The zero-order chi connectivity index (χ0) is 21.0. The lowest BCUT2D eigenvalue weighted by Gasteiger charge is -2.34. The molecule has 0 spiro atoms. The van der Waals surface area contributed by atoms with Gasteiger partial charge in [-0.2, -0.15) is 0 Å². The van der Waals surface area contributed by atoms with Gasteiger partial charge >= 0.3 is 0 Å². The largest absolute Gasteiger partial charge is 0.378 e. The SMILES string of the molecule is CN=C(NCCCCOC1CCCCCC1)NC1CCN(c2cccc(F)c2)CC1. The van der Waals surface area contributed by atoms with Crippen LogP contribution in [0.5, 0.6) is 0 Å². The molecule has 30 heavy (non-hydrogen) atoms. The van der Waals surface area contributed by atoms with Crippen LogP contribution < -0.4 is 15.5 Å². The molecule has 1 aliphatic heterocycles. The highest BCUT2D eigenvalue weighted by Gasteiger charge is 2.20. The van der Waals surface area contributed by atoms with Gasteiger partial charge in [0.15, 0.2) is 5.96 Å². The predicted molar refractivity (Wildman–Crippen MR) is 123 cm³/mol. The summed E-state index contributed by atoms with van der Waals surface area (Å²) >= 11 is 0. The number of aliphatic imine (C=N–C) groups is 1. The van der Waals surface area contributed by atoms with E-state index in [2.05, 4.69) is 20.5 Å². The Morgan fingerprint density at radius 1 is 1.10 bits per heavy atom. The third kappa shape index (κ3) is 7.78. The summed E-state index contributed by atoms with van der Waals surface area (Å²) in [5.74, 6) is 0.709. The molecule has 0 radical (unpaired) electrons. The van der Waals surface area contributed by atoms with Gasteiger partial charge in [0.2, 0.25) is 0 Å². The van der Waals surface area contributed by atoms with Gasteiger partial charge in [0.1, 0.15) is 5.82 Å². The maximum Gasteiger partial charge on any atom is 0.191 e. The summed E-state index contributed by atoms with van der Waals surface area (Å²) in [5, 5.41) is 6.98. The molecule has 0 bridgehead atoms. The van der Waals surface area contributed by atoms with Gasteiger partial charge in [0, 0.05) is 45.0 Å². The molecule has 0 aromatic heterocycles. The fraction of sp³-hybridized carbons (Fsp3) is 0.708. The zero-order valence-electron chi connectivity index (χ0n) is 18.5. The lowest BCUT2D eigenvalue weighted by atomic mass is 10.0. The van der Waals surface area contributed by atoms with Crippen molar-refractivity contribution in [3.63, 3.8) is 0 Å². The number of guanidine groups is 1. The quantitative estimate of drug-likeness (QED) is 0.283. The molecule has 2 aliphatic rings. The minimum absolute atomic E-state index is 0.169. The highest BCUT2D eigenvalue weighted by Crippen LogP contribution is 2.21. The monoisotopic (exact) mass is 418 g/mol. The van der Waals surface area contributed by atoms with Crippen molar-refractivity contribution in [2.24, 2.45) is 4.99 Å². The average Bonchev–Trinajstić information content (AvgIpc) is 3.04. The van der Waals surface area contributed by atoms with E-state index in [4.69, 9.17) is 4.74 Å². The van der Waals surface area contributed by atoms with E-state index < -0.39 is 0 Å². The Kier molecular flexibility index (Phi) is 9.74. The number of benzene rings is 1. The maximum atomic E-state index is 13.5. The zero-order valence-corrected chi connectivity index (χ0v) is 18.5. The van der Waals surface area contributed by atoms with Crippen LogP contribution in [0.4, 0.5) is 10.1 Å². The Morgan fingerprint density at radius 2 is 1.87 bits per heavy atom. The fourth-order valence-electron chi connectivity index (χ4n) is 4.44. The van der Waals surface area contributed by atoms with Crippen molar-refractivity contribution in [1.29, 1.82) is 0 Å². The molecule has 1 heterocycles. The standard InChI is InChI=1S/C24H39FN4O/c1-26-24(27-15-6-7-18-30-23-11-4-2-3-5-12-23)28-21-13-16-29(17-14-21)22-10-8-9-20(25)19-22/h8-10,19,21,23H,2-7,11-18H2,1H3,(H2,26,27,28). The van der Waals surface area contributed by atoms with Crippen molar-refractivity contribution in [3.8, 4) is 0 Å². The van der Waals surface area contributed by atoms with E-state index in [-0.39, 0.29) is 5.82 Å². The fourth-order valence-corrected chi connectivity index (χ4v) is 4.44. The molecule has 5 nitrogen and oxygen atoms in total. The summed E-state index contributed by atoms with van der Waals surface area (Å²) in [6, 6.07) is 7.28. The molecule has 1 saturated carbocycles. The van der Waals surface area contributed by atoms with Gasteiger partial charge in [-0.05, 0) is 56.7 Å². The van der Waals surface area contributed by atoms with Gasteiger partial charge in [0.05, 0.1) is 6.10 Å². The first-order chi connectivity index (χ1) is 14.7. The number of piperidine rings is 1.